The fourth-order valence-electron chi connectivity index (χ4n) is 0.152. The fraction of sp³-hybridized carbons (Fsp3) is 0. The first kappa shape index (κ1) is 7.54. The molecular weight excluding hydrogens is 183 g/mol. The van der Waals surface area contributed by atoms with Gasteiger partial charge in [-0.25, -0.2) is 0 Å². The first-order chi connectivity index (χ1) is 3.50. The molecule has 0 unspecified atom stereocenters. The Bertz CT molecular complexity index is 71.4. The van der Waals surface area contributed by atoms with Crippen LogP contribution < -0.4 is 0 Å². The Labute approximate surface area is 60.4 Å². The molecule has 7 heavy (non-hydrogen) atoms. The van der Waals surface area contributed by atoms with Gasteiger partial charge in [-0.2, -0.15) is 0 Å². The molecule has 0 saturated heterocycles. The van der Waals surface area contributed by atoms with Crippen molar-refractivity contribution >= 4 is 21.0 Å². The van der Waals surface area contributed by atoms with Crippen LogP contribution in [0.15, 0.2) is 10.9 Å². The predicted octanol–water partition coefficient (Wildman–Crippen LogP) is 1.63. The first-order valence-electron chi connectivity index (χ1n) is 1.51. The Morgan fingerprint density at radius 2 is 2.43 bits per heavy atom. The minimum atomic E-state index is 0.847. The summed E-state index contributed by atoms with van der Waals surface area (Å²) < 4.78 is 0. The van der Waals surface area contributed by atoms with E-state index >= 15 is 0 Å². The summed E-state index contributed by atoms with van der Waals surface area (Å²) in [6, 6.07) is 0. The van der Waals surface area contributed by atoms with Crippen molar-refractivity contribution in [2.75, 3.05) is 0 Å². The third-order valence-electron chi connectivity index (χ3n) is 0.309. The van der Waals surface area contributed by atoms with Gasteiger partial charge in [0.15, 0.2) is 0 Å². The van der Waals surface area contributed by atoms with Gasteiger partial charge in [0.05, 0.1) is 0 Å². The molecular formula is C3H2ClNSZn. The molecule has 1 heterocycles. The molecule has 0 bridgehead atoms. The van der Waals surface area contributed by atoms with Crippen molar-refractivity contribution in [1.29, 1.82) is 0 Å². The molecule has 0 saturated carbocycles. The van der Waals surface area contributed by atoms with Crippen LogP contribution in [0.5, 0.6) is 0 Å². The summed E-state index contributed by atoms with van der Waals surface area (Å²) in [5, 5.41) is 1.81. The van der Waals surface area contributed by atoms with E-state index in [0.717, 1.165) is 17.3 Å². The Morgan fingerprint density at radius 3 is 2.57 bits per heavy atom. The van der Waals surface area contributed by atoms with Crippen molar-refractivity contribution in [2.45, 2.75) is 0 Å². The maximum Gasteiger partial charge on any atom is -0.0768 e. The summed E-state index contributed by atoms with van der Waals surface area (Å²) in [6.07, 6.45) is 2.63. The average molecular weight is 185 g/mol. The van der Waals surface area contributed by atoms with E-state index in [4.69, 9.17) is 9.69 Å². The molecule has 0 radical (unpaired) electrons. The van der Waals surface area contributed by atoms with Crippen LogP contribution in [0.2, 0.25) is 0 Å². The molecule has 1 rings (SSSR count). The van der Waals surface area contributed by atoms with Crippen LogP contribution in [0.25, 0.3) is 0 Å². The molecule has 4 heteroatoms. The summed E-state index contributed by atoms with van der Waals surface area (Å²) in [5.74, 6) is 0. The van der Waals surface area contributed by atoms with Crippen LogP contribution in [0.1, 0.15) is 0 Å². The van der Waals surface area contributed by atoms with Crippen LogP contribution >= 0.6 is 21.0 Å². The molecule has 0 amide bonds. The summed E-state index contributed by atoms with van der Waals surface area (Å²) in [4.78, 5) is 3.62. The van der Waals surface area contributed by atoms with Crippen LogP contribution in [-0.2, 0) is 17.3 Å². The average Bonchev–Trinajstić information content (AvgIpc) is 2.23. The van der Waals surface area contributed by atoms with E-state index in [2.05, 4.69) is 11.2 Å². The van der Waals surface area contributed by atoms with Crippen molar-refractivity contribution in [3.63, 3.8) is 0 Å². The minimum Gasteiger partial charge on any atom is -0.448 e. The molecule has 1 aromatic heterocycles. The molecule has 1 nitrogen and oxygen atoms in total. The van der Waals surface area contributed by atoms with E-state index < -0.39 is 0 Å². The third-order valence-corrected chi connectivity index (χ3v) is 0.777. The van der Waals surface area contributed by atoms with Gasteiger partial charge >= 0.3 is 27.0 Å². The van der Waals surface area contributed by atoms with Gasteiger partial charge in [-0.15, -0.1) is 6.20 Å². The van der Waals surface area contributed by atoms with Crippen molar-refractivity contribution in [1.82, 2.24) is 4.98 Å². The van der Waals surface area contributed by atoms with Crippen LogP contribution in [0.3, 0.4) is 0 Å². The zero-order valence-electron chi connectivity index (χ0n) is 3.60. The second kappa shape index (κ2) is 6.54. The van der Waals surface area contributed by atoms with E-state index in [1.165, 1.54) is 0 Å². The fourth-order valence-corrected chi connectivity index (χ4v) is 0.456. The number of hydrogen-bond acceptors (Lipinski definition) is 2. The zero-order chi connectivity index (χ0) is 5.54. The smallest absolute Gasteiger partial charge is 0.0768 e. The molecule has 1 aromatic rings. The van der Waals surface area contributed by atoms with Crippen molar-refractivity contribution in [2.24, 2.45) is 0 Å². The van der Waals surface area contributed by atoms with Crippen LogP contribution in [-0.4, -0.2) is 4.98 Å². The third kappa shape index (κ3) is 4.40. The SMILES string of the molecule is [Cl][Zn+].[c-]1cscn1. The van der Waals surface area contributed by atoms with E-state index in [-0.39, 0.29) is 0 Å². The van der Waals surface area contributed by atoms with Gasteiger partial charge in [-0.05, 0) is 0 Å². The summed E-state index contributed by atoms with van der Waals surface area (Å²) in [7, 11) is 4.76. The Kier molecular flexibility index (Phi) is 7.05. The van der Waals surface area contributed by atoms with Crippen LogP contribution in [0, 0.1) is 6.20 Å². The summed E-state index contributed by atoms with van der Waals surface area (Å²) in [6.45, 7) is 0. The Hall–Kier alpha value is 0.543. The number of aromatic nitrogens is 1. The minimum absolute atomic E-state index is 0.847. The summed E-state index contributed by atoms with van der Waals surface area (Å²) in [5.41, 5.74) is 1.74. The van der Waals surface area contributed by atoms with Gasteiger partial charge in [-0.3, -0.25) is 11.3 Å². The van der Waals surface area contributed by atoms with Crippen molar-refractivity contribution in [3.05, 3.63) is 17.1 Å². The number of thiazole rings is 1. The molecule has 0 aliphatic carbocycles. The quantitative estimate of drug-likeness (QED) is 0.442. The van der Waals surface area contributed by atoms with Crippen molar-refractivity contribution < 1.29 is 17.3 Å². The molecule has 0 spiro atoms. The standard InChI is InChI=1S/C3H2NS.ClH.Zn/c1-2-5-3-4-1;;/h2-3H;1H;/q-1;;+2/p-1. The monoisotopic (exact) mass is 183 g/mol. The molecule has 34 valence electrons. The number of nitrogens with zero attached hydrogens (tertiary/aromatic N) is 1. The normalized spacial score (nSPS) is 6.71. The van der Waals surface area contributed by atoms with E-state index in [1.54, 1.807) is 22.2 Å². The number of halogens is 1. The second-order valence-electron chi connectivity index (χ2n) is 0.618. The largest absolute Gasteiger partial charge is 0.448 e. The predicted molar refractivity (Wildman–Crippen MR) is 26.8 cm³/mol. The molecule has 0 aliphatic rings. The zero-order valence-corrected chi connectivity index (χ0v) is 8.13. The van der Waals surface area contributed by atoms with Gasteiger partial charge in [0.2, 0.25) is 0 Å². The van der Waals surface area contributed by atoms with Crippen molar-refractivity contribution in [3.8, 4) is 0 Å². The molecule has 0 aliphatic heterocycles. The topological polar surface area (TPSA) is 12.9 Å². The van der Waals surface area contributed by atoms with Gasteiger partial charge < -0.3 is 4.98 Å². The maximum absolute atomic E-state index is 4.76. The molecule has 0 aromatic carbocycles. The van der Waals surface area contributed by atoms with E-state index in [0.29, 0.717) is 0 Å². The number of hydrogen-bond donors (Lipinski definition) is 0. The van der Waals surface area contributed by atoms with Gasteiger partial charge in [0.25, 0.3) is 0 Å². The Morgan fingerprint density at radius 1 is 1.71 bits per heavy atom. The maximum atomic E-state index is 4.76. The van der Waals surface area contributed by atoms with E-state index in [1.807, 2.05) is 0 Å². The van der Waals surface area contributed by atoms with Gasteiger partial charge in [-0.1, -0.05) is 10.9 Å². The van der Waals surface area contributed by atoms with Gasteiger partial charge in [0, 0.05) is 0 Å². The second-order valence-corrected chi connectivity index (χ2v) is 1.34. The van der Waals surface area contributed by atoms with Gasteiger partial charge in [0.1, 0.15) is 0 Å². The molecule has 0 fully saturated rings. The first-order valence-corrected chi connectivity index (χ1v) is 6.35. The summed E-state index contributed by atoms with van der Waals surface area (Å²) >= 11 is 2.39. The van der Waals surface area contributed by atoms with E-state index in [9.17, 15) is 0 Å². The molecule has 0 N–H and O–H groups in total. The van der Waals surface area contributed by atoms with Crippen LogP contribution in [0.4, 0.5) is 0 Å². The number of rotatable bonds is 0. The molecule has 0 atom stereocenters. The Balaban J connectivity index is 0.000000162.